The molecule has 0 saturated carbocycles. The maximum atomic E-state index is 12.2. The van der Waals surface area contributed by atoms with Crippen LogP contribution in [-0.2, 0) is 27.8 Å². The summed E-state index contributed by atoms with van der Waals surface area (Å²) < 4.78 is 25.3. The lowest BCUT2D eigenvalue weighted by atomic mass is 10.1. The average Bonchev–Trinajstić information content (AvgIpc) is 3.04. The maximum Gasteiger partial charge on any atom is 0.231 e. The summed E-state index contributed by atoms with van der Waals surface area (Å²) in [6.07, 6.45) is 3.05. The van der Waals surface area contributed by atoms with Crippen LogP contribution >= 0.6 is 11.3 Å². The predicted octanol–water partition coefficient (Wildman–Crippen LogP) is 2.15. The molecule has 7 nitrogen and oxygen atoms in total. The lowest BCUT2D eigenvalue weighted by molar-refractivity contribution is -0.115. The number of carbonyl (C=O) groups excluding carboxylic acids is 1. The number of aromatic nitrogens is 1. The molecule has 0 spiro atoms. The van der Waals surface area contributed by atoms with E-state index < -0.39 is 10.0 Å². The number of benzene rings is 1. The Morgan fingerprint density at radius 1 is 1.25 bits per heavy atom. The highest BCUT2D eigenvalue weighted by atomic mass is 32.2. The predicted molar refractivity (Wildman–Crippen MR) is 112 cm³/mol. The molecule has 2 aromatic rings. The maximum absolute atomic E-state index is 12.2. The van der Waals surface area contributed by atoms with Gasteiger partial charge >= 0.3 is 0 Å². The van der Waals surface area contributed by atoms with Crippen LogP contribution in [0.4, 0.5) is 5.69 Å². The molecular weight excluding hydrogens is 396 g/mol. The van der Waals surface area contributed by atoms with Crippen molar-refractivity contribution < 1.29 is 13.2 Å². The van der Waals surface area contributed by atoms with Gasteiger partial charge in [0.25, 0.3) is 0 Å². The van der Waals surface area contributed by atoms with Crippen molar-refractivity contribution in [3.63, 3.8) is 0 Å². The van der Waals surface area contributed by atoms with Crippen LogP contribution in [0.1, 0.15) is 29.1 Å². The number of aryl methyl sites for hydroxylation is 1. The van der Waals surface area contributed by atoms with Crippen molar-refractivity contribution >= 4 is 33.0 Å². The molecule has 1 fully saturated rings. The largest absolute Gasteiger partial charge is 0.326 e. The number of likely N-dealkylation sites (tertiary alicyclic amines) is 1. The Hall–Kier alpha value is -1.81. The fourth-order valence-electron chi connectivity index (χ4n) is 3.22. The van der Waals surface area contributed by atoms with Crippen LogP contribution in [0.5, 0.6) is 0 Å². The zero-order chi connectivity index (χ0) is 20.1. The monoisotopic (exact) mass is 422 g/mol. The molecule has 1 amide bonds. The van der Waals surface area contributed by atoms with Crippen LogP contribution in [0.15, 0.2) is 29.6 Å². The summed E-state index contributed by atoms with van der Waals surface area (Å²) in [5.41, 5.74) is 2.90. The summed E-state index contributed by atoms with van der Waals surface area (Å²) in [6, 6.07) is 7.73. The van der Waals surface area contributed by atoms with Gasteiger partial charge in [-0.2, -0.15) is 0 Å². The van der Waals surface area contributed by atoms with Crippen molar-refractivity contribution in [2.75, 3.05) is 24.7 Å². The van der Waals surface area contributed by atoms with Gasteiger partial charge in [-0.15, -0.1) is 11.3 Å². The first-order valence-electron chi connectivity index (χ1n) is 9.26. The van der Waals surface area contributed by atoms with Crippen molar-refractivity contribution in [3.05, 3.63) is 45.9 Å². The van der Waals surface area contributed by atoms with Gasteiger partial charge < -0.3 is 5.32 Å². The Balaban J connectivity index is 1.45. The first kappa shape index (κ1) is 20.9. The molecule has 1 aliphatic heterocycles. The fraction of sp³-hybridized carbons (Fsp3) is 0.474. The Morgan fingerprint density at radius 2 is 1.93 bits per heavy atom. The first-order chi connectivity index (χ1) is 13.3. The van der Waals surface area contributed by atoms with E-state index in [1.54, 1.807) is 0 Å². The van der Waals surface area contributed by atoms with E-state index in [0.717, 1.165) is 54.4 Å². The second-order valence-electron chi connectivity index (χ2n) is 7.26. The van der Waals surface area contributed by atoms with Crippen LogP contribution in [0.2, 0.25) is 0 Å². The Morgan fingerprint density at radius 3 is 2.57 bits per heavy atom. The summed E-state index contributed by atoms with van der Waals surface area (Å²) in [4.78, 5) is 19.1. The van der Waals surface area contributed by atoms with Gasteiger partial charge in [0, 0.05) is 36.7 Å². The summed E-state index contributed by atoms with van der Waals surface area (Å²) >= 11 is 1.50. The molecule has 9 heteroatoms. The highest BCUT2D eigenvalue weighted by Gasteiger charge is 2.22. The molecule has 28 heavy (non-hydrogen) atoms. The number of piperidine rings is 1. The van der Waals surface area contributed by atoms with E-state index in [0.29, 0.717) is 0 Å². The summed E-state index contributed by atoms with van der Waals surface area (Å²) in [5, 5.41) is 5.69. The second-order valence-corrected chi connectivity index (χ2v) is 9.99. The van der Waals surface area contributed by atoms with Gasteiger partial charge in [-0.1, -0.05) is 17.7 Å². The van der Waals surface area contributed by atoms with E-state index in [1.807, 2.05) is 36.6 Å². The number of rotatable bonds is 7. The van der Waals surface area contributed by atoms with Crippen molar-refractivity contribution in [1.82, 2.24) is 14.6 Å². The van der Waals surface area contributed by atoms with Crippen LogP contribution in [-0.4, -0.2) is 49.6 Å². The quantitative estimate of drug-likeness (QED) is 0.713. The first-order valence-corrected chi connectivity index (χ1v) is 12.0. The van der Waals surface area contributed by atoms with Gasteiger partial charge in [0.05, 0.1) is 18.4 Å². The number of anilines is 1. The number of nitrogens with one attached hydrogen (secondary N) is 2. The highest BCUT2D eigenvalue weighted by Crippen LogP contribution is 2.17. The normalized spacial score (nSPS) is 16.2. The third-order valence-corrected chi connectivity index (χ3v) is 6.26. The summed E-state index contributed by atoms with van der Waals surface area (Å²) in [7, 11) is -3.15. The van der Waals surface area contributed by atoms with Gasteiger partial charge in [-0.05, 0) is 31.9 Å². The SMILES string of the molecule is Cc1ccc(NC(=O)Cc2nc(CN3CCC(NS(C)(=O)=O)CC3)cs2)cc1. The van der Waals surface area contributed by atoms with Crippen LogP contribution < -0.4 is 10.0 Å². The molecule has 1 aromatic heterocycles. The van der Waals surface area contributed by atoms with E-state index in [1.165, 1.54) is 17.6 Å². The number of carbonyl (C=O) groups is 1. The lowest BCUT2D eigenvalue weighted by Crippen LogP contribution is -2.44. The molecule has 0 unspecified atom stereocenters. The fourth-order valence-corrected chi connectivity index (χ4v) is 4.85. The number of thiazole rings is 1. The molecule has 1 saturated heterocycles. The molecule has 2 heterocycles. The van der Waals surface area contributed by atoms with Gasteiger partial charge in [0.1, 0.15) is 5.01 Å². The Bertz CT molecular complexity index is 902. The molecule has 152 valence electrons. The van der Waals surface area contributed by atoms with Crippen molar-refractivity contribution in [1.29, 1.82) is 0 Å². The Kier molecular flexibility index (Phi) is 6.82. The van der Waals surface area contributed by atoms with Crippen molar-refractivity contribution in [3.8, 4) is 0 Å². The molecule has 3 rings (SSSR count). The third kappa shape index (κ3) is 6.66. The van der Waals surface area contributed by atoms with Gasteiger partial charge in [-0.25, -0.2) is 18.1 Å². The van der Waals surface area contributed by atoms with Crippen molar-refractivity contribution in [2.45, 2.75) is 38.8 Å². The van der Waals surface area contributed by atoms with Crippen molar-refractivity contribution in [2.24, 2.45) is 0 Å². The number of amides is 1. The third-order valence-electron chi connectivity index (χ3n) is 4.60. The molecule has 0 aliphatic carbocycles. The van der Waals surface area contributed by atoms with E-state index in [4.69, 9.17) is 0 Å². The van der Waals surface area contributed by atoms with Gasteiger partial charge in [0.2, 0.25) is 15.9 Å². The summed E-state index contributed by atoms with van der Waals surface area (Å²) in [6.45, 7) is 4.39. The molecule has 0 atom stereocenters. The van der Waals surface area contributed by atoms with E-state index in [2.05, 4.69) is 19.9 Å². The highest BCUT2D eigenvalue weighted by molar-refractivity contribution is 7.88. The second kappa shape index (κ2) is 9.13. The number of hydrogen-bond acceptors (Lipinski definition) is 6. The zero-order valence-electron chi connectivity index (χ0n) is 16.1. The van der Waals surface area contributed by atoms with Gasteiger partial charge in [-0.3, -0.25) is 9.69 Å². The van der Waals surface area contributed by atoms with Crippen LogP contribution in [0, 0.1) is 6.92 Å². The van der Waals surface area contributed by atoms with E-state index in [-0.39, 0.29) is 18.4 Å². The topological polar surface area (TPSA) is 91.4 Å². The minimum atomic E-state index is -3.15. The van der Waals surface area contributed by atoms with Crippen LogP contribution in [0.25, 0.3) is 0 Å². The lowest BCUT2D eigenvalue weighted by Gasteiger charge is -2.31. The zero-order valence-corrected chi connectivity index (χ0v) is 17.8. The average molecular weight is 423 g/mol. The minimum absolute atomic E-state index is 0.0164. The molecule has 0 radical (unpaired) electrons. The standard InChI is InChI=1S/C19H26N4O3S2/c1-14-3-5-15(6-4-14)20-18(24)11-19-21-17(13-27-19)12-23-9-7-16(8-10-23)22-28(2,25)26/h3-6,13,16,22H,7-12H2,1-2H3,(H,20,24). The molecule has 0 bridgehead atoms. The van der Waals surface area contributed by atoms with E-state index >= 15 is 0 Å². The summed E-state index contributed by atoms with van der Waals surface area (Å²) in [5.74, 6) is -0.0718. The molecular formula is C19H26N4O3S2. The van der Waals surface area contributed by atoms with Crippen LogP contribution in [0.3, 0.4) is 0 Å². The Labute approximate surface area is 170 Å². The molecule has 1 aromatic carbocycles. The number of nitrogens with zero attached hydrogens (tertiary/aromatic N) is 2. The smallest absolute Gasteiger partial charge is 0.231 e. The number of sulfonamides is 1. The minimum Gasteiger partial charge on any atom is -0.326 e. The van der Waals surface area contributed by atoms with E-state index in [9.17, 15) is 13.2 Å². The molecule has 1 aliphatic rings. The van der Waals surface area contributed by atoms with Gasteiger partial charge in [0.15, 0.2) is 0 Å². The number of hydrogen-bond donors (Lipinski definition) is 2. The molecule has 2 N–H and O–H groups in total.